The summed E-state index contributed by atoms with van der Waals surface area (Å²) in [5, 5.41) is 1.22. The number of ether oxygens (including phenoxy) is 1. The van der Waals surface area contributed by atoms with Crippen LogP contribution in [-0.2, 0) is 11.8 Å². The van der Waals surface area contributed by atoms with Gasteiger partial charge >= 0.3 is 0 Å². The molecule has 0 bridgehead atoms. The minimum atomic E-state index is 0.313. The van der Waals surface area contributed by atoms with E-state index in [2.05, 4.69) is 17.2 Å². The van der Waals surface area contributed by atoms with Gasteiger partial charge < -0.3 is 9.30 Å². The summed E-state index contributed by atoms with van der Waals surface area (Å²) >= 11 is 0. The molecule has 3 rings (SSSR count). The highest BCUT2D eigenvalue weighted by Gasteiger charge is 2.28. The molecule has 1 aliphatic rings. The average molecular weight is 174 g/mol. The first-order chi connectivity index (χ1) is 6.36. The van der Waals surface area contributed by atoms with Crippen LogP contribution in [0, 0.1) is 0 Å². The molecule has 0 spiro atoms. The van der Waals surface area contributed by atoms with Gasteiger partial charge in [0.2, 0.25) is 0 Å². The average Bonchev–Trinajstić information content (AvgIpc) is 2.94. The number of hydrogen-bond donors (Lipinski definition) is 0. The van der Waals surface area contributed by atoms with E-state index in [4.69, 9.17) is 4.74 Å². The lowest BCUT2D eigenvalue weighted by Crippen LogP contribution is -1.85. The fourth-order valence-electron chi connectivity index (χ4n) is 1.73. The van der Waals surface area contributed by atoms with Gasteiger partial charge in [-0.2, -0.15) is 0 Å². The first-order valence-electron chi connectivity index (χ1n) is 4.38. The van der Waals surface area contributed by atoms with Gasteiger partial charge in [0.05, 0.1) is 6.61 Å². The predicted octanol–water partition coefficient (Wildman–Crippen LogP) is 1.64. The summed E-state index contributed by atoms with van der Waals surface area (Å²) in [5.41, 5.74) is 2.30. The van der Waals surface area contributed by atoms with E-state index in [1.54, 1.807) is 0 Å². The summed E-state index contributed by atoms with van der Waals surface area (Å²) in [6.45, 7) is 0.855. The highest BCUT2D eigenvalue weighted by molar-refractivity contribution is 5.81. The van der Waals surface area contributed by atoms with E-state index < -0.39 is 0 Å². The van der Waals surface area contributed by atoms with Crippen molar-refractivity contribution in [1.82, 2.24) is 9.55 Å². The van der Waals surface area contributed by atoms with Crippen LogP contribution in [0.15, 0.2) is 24.5 Å². The van der Waals surface area contributed by atoms with Crippen molar-refractivity contribution in [3.8, 4) is 0 Å². The third-order valence-electron chi connectivity index (χ3n) is 2.44. The Balaban J connectivity index is 2.34. The monoisotopic (exact) mass is 174 g/mol. The van der Waals surface area contributed by atoms with Crippen molar-refractivity contribution < 1.29 is 4.74 Å². The SMILES string of the molecule is Cn1cc([C@@H]2CO2)c2cccnc21. The molecule has 3 nitrogen and oxygen atoms in total. The maximum absolute atomic E-state index is 5.27. The van der Waals surface area contributed by atoms with Gasteiger partial charge in [-0.1, -0.05) is 0 Å². The van der Waals surface area contributed by atoms with Crippen molar-refractivity contribution in [3.63, 3.8) is 0 Å². The van der Waals surface area contributed by atoms with Gasteiger partial charge in [0.25, 0.3) is 0 Å². The van der Waals surface area contributed by atoms with E-state index in [9.17, 15) is 0 Å². The summed E-state index contributed by atoms with van der Waals surface area (Å²) in [7, 11) is 2.02. The van der Waals surface area contributed by atoms with E-state index in [0.29, 0.717) is 6.10 Å². The summed E-state index contributed by atoms with van der Waals surface area (Å²) in [5.74, 6) is 0. The van der Waals surface area contributed by atoms with Gasteiger partial charge in [0.15, 0.2) is 0 Å². The van der Waals surface area contributed by atoms with E-state index in [-0.39, 0.29) is 0 Å². The molecule has 0 aliphatic carbocycles. The summed E-state index contributed by atoms with van der Waals surface area (Å²) < 4.78 is 7.32. The Morgan fingerprint density at radius 1 is 1.62 bits per heavy atom. The highest BCUT2D eigenvalue weighted by atomic mass is 16.6. The van der Waals surface area contributed by atoms with Gasteiger partial charge in [-0.15, -0.1) is 0 Å². The zero-order valence-corrected chi connectivity index (χ0v) is 7.40. The third kappa shape index (κ3) is 0.971. The number of pyridine rings is 1. The minimum absolute atomic E-state index is 0.313. The lowest BCUT2D eigenvalue weighted by molar-refractivity contribution is 0.416. The second-order valence-electron chi connectivity index (χ2n) is 3.39. The number of fused-ring (bicyclic) bond motifs is 1. The molecule has 0 radical (unpaired) electrons. The van der Waals surface area contributed by atoms with Gasteiger partial charge in [0.1, 0.15) is 11.8 Å². The van der Waals surface area contributed by atoms with Crippen molar-refractivity contribution in [2.45, 2.75) is 6.10 Å². The molecule has 0 amide bonds. The summed E-state index contributed by atoms with van der Waals surface area (Å²) in [4.78, 5) is 4.32. The smallest absolute Gasteiger partial charge is 0.139 e. The van der Waals surface area contributed by atoms with Gasteiger partial charge in [-0.3, -0.25) is 0 Å². The fraction of sp³-hybridized carbons (Fsp3) is 0.300. The van der Waals surface area contributed by atoms with Crippen LogP contribution in [0.2, 0.25) is 0 Å². The number of hydrogen-bond acceptors (Lipinski definition) is 2. The predicted molar refractivity (Wildman–Crippen MR) is 49.4 cm³/mol. The number of aromatic nitrogens is 2. The van der Waals surface area contributed by atoms with Gasteiger partial charge in [0, 0.05) is 30.4 Å². The van der Waals surface area contributed by atoms with Crippen LogP contribution in [0.5, 0.6) is 0 Å². The zero-order chi connectivity index (χ0) is 8.84. The lowest BCUT2D eigenvalue weighted by Gasteiger charge is -1.92. The number of aryl methyl sites for hydroxylation is 1. The molecule has 0 unspecified atom stereocenters. The Bertz CT molecular complexity index is 457. The Morgan fingerprint density at radius 3 is 3.23 bits per heavy atom. The number of epoxide rings is 1. The first-order valence-corrected chi connectivity index (χ1v) is 4.38. The Labute approximate surface area is 76.0 Å². The van der Waals surface area contributed by atoms with Crippen LogP contribution in [0.4, 0.5) is 0 Å². The Hall–Kier alpha value is -1.35. The van der Waals surface area contributed by atoms with Crippen LogP contribution >= 0.6 is 0 Å². The summed E-state index contributed by atoms with van der Waals surface area (Å²) in [6, 6.07) is 4.06. The quantitative estimate of drug-likeness (QED) is 0.615. The second-order valence-corrected chi connectivity index (χ2v) is 3.39. The van der Waals surface area contributed by atoms with Crippen LogP contribution in [0.1, 0.15) is 11.7 Å². The highest BCUT2D eigenvalue weighted by Crippen LogP contribution is 2.34. The Kier molecular flexibility index (Phi) is 1.27. The maximum Gasteiger partial charge on any atom is 0.139 e. The largest absolute Gasteiger partial charge is 0.368 e. The van der Waals surface area contributed by atoms with Crippen molar-refractivity contribution in [3.05, 3.63) is 30.1 Å². The molecule has 1 atom stereocenters. The van der Waals surface area contributed by atoms with E-state index in [0.717, 1.165) is 12.3 Å². The number of rotatable bonds is 1. The van der Waals surface area contributed by atoms with Crippen LogP contribution in [0.3, 0.4) is 0 Å². The molecule has 3 heterocycles. The molecule has 0 aromatic carbocycles. The van der Waals surface area contributed by atoms with Crippen LogP contribution in [-0.4, -0.2) is 16.2 Å². The molecule has 13 heavy (non-hydrogen) atoms. The molecule has 1 aliphatic heterocycles. The lowest BCUT2D eigenvalue weighted by atomic mass is 10.2. The normalized spacial score (nSPS) is 20.8. The first kappa shape index (κ1) is 7.09. The van der Waals surface area contributed by atoms with E-state index >= 15 is 0 Å². The molecule has 3 heteroatoms. The number of nitrogens with zero attached hydrogens (tertiary/aromatic N) is 2. The topological polar surface area (TPSA) is 30.4 Å². The van der Waals surface area contributed by atoms with Crippen molar-refractivity contribution >= 4 is 11.0 Å². The fourth-order valence-corrected chi connectivity index (χ4v) is 1.73. The molecular formula is C10H10N2O. The zero-order valence-electron chi connectivity index (χ0n) is 7.40. The molecular weight excluding hydrogens is 164 g/mol. The van der Waals surface area contributed by atoms with Crippen molar-refractivity contribution in [2.24, 2.45) is 7.05 Å². The Morgan fingerprint density at radius 2 is 2.46 bits per heavy atom. The van der Waals surface area contributed by atoms with Crippen LogP contribution in [0.25, 0.3) is 11.0 Å². The standard InChI is InChI=1S/C10H10N2O/c1-12-5-8(9-6-13-9)7-3-2-4-11-10(7)12/h2-5,9H,6H2,1H3/t9-/m0/s1. The van der Waals surface area contributed by atoms with Gasteiger partial charge in [-0.25, -0.2) is 4.98 Å². The summed E-state index contributed by atoms with van der Waals surface area (Å²) in [6.07, 6.45) is 4.24. The van der Waals surface area contributed by atoms with Crippen molar-refractivity contribution in [1.29, 1.82) is 0 Å². The van der Waals surface area contributed by atoms with E-state index in [1.807, 2.05) is 23.9 Å². The van der Waals surface area contributed by atoms with Crippen molar-refractivity contribution in [2.75, 3.05) is 6.61 Å². The van der Waals surface area contributed by atoms with Crippen LogP contribution < -0.4 is 0 Å². The molecule has 0 saturated carbocycles. The third-order valence-corrected chi connectivity index (χ3v) is 2.44. The molecule has 1 saturated heterocycles. The van der Waals surface area contributed by atoms with Gasteiger partial charge in [-0.05, 0) is 12.1 Å². The minimum Gasteiger partial charge on any atom is -0.368 e. The molecule has 2 aromatic rings. The molecule has 66 valence electrons. The molecule has 1 fully saturated rings. The maximum atomic E-state index is 5.27. The molecule has 0 N–H and O–H groups in total. The molecule has 2 aromatic heterocycles. The second kappa shape index (κ2) is 2.33. The van der Waals surface area contributed by atoms with E-state index in [1.165, 1.54) is 10.9 Å².